The summed E-state index contributed by atoms with van der Waals surface area (Å²) in [5.41, 5.74) is 3.99. The van der Waals surface area contributed by atoms with Gasteiger partial charge in [0.25, 0.3) is 0 Å². The second-order valence-electron chi connectivity index (χ2n) is 8.02. The number of halogens is 1. The number of para-hydroxylation sites is 1. The van der Waals surface area contributed by atoms with E-state index in [0.717, 1.165) is 34.1 Å². The Morgan fingerprint density at radius 3 is 2.88 bits per heavy atom. The van der Waals surface area contributed by atoms with E-state index in [1.165, 1.54) is 23.9 Å². The molecule has 5 rings (SSSR count). The number of benzene rings is 2. The van der Waals surface area contributed by atoms with E-state index in [1.807, 2.05) is 36.4 Å². The lowest BCUT2D eigenvalue weighted by Gasteiger charge is -2.36. The highest BCUT2D eigenvalue weighted by Gasteiger charge is 2.33. The van der Waals surface area contributed by atoms with Crippen LogP contribution < -0.4 is 10.1 Å². The first-order valence-corrected chi connectivity index (χ1v) is 11.4. The highest BCUT2D eigenvalue weighted by Crippen LogP contribution is 2.41. The number of hydrogen-bond acceptors (Lipinski definition) is 4. The predicted octanol–water partition coefficient (Wildman–Crippen LogP) is 5.48. The van der Waals surface area contributed by atoms with E-state index < -0.39 is 0 Å². The van der Waals surface area contributed by atoms with Crippen LogP contribution in [0.2, 0.25) is 0 Å². The Kier molecular flexibility index (Phi) is 5.45. The molecule has 0 aliphatic carbocycles. The molecule has 1 atom stereocenters. The number of amides is 1. The molecule has 0 fully saturated rings. The fraction of sp³-hybridized carbons (Fsp3) is 0.240. The highest BCUT2D eigenvalue weighted by molar-refractivity contribution is 7.16. The molecule has 1 aliphatic rings. The first kappa shape index (κ1) is 20.7. The molecule has 5 nitrogen and oxygen atoms in total. The van der Waals surface area contributed by atoms with Crippen molar-refractivity contribution in [1.82, 2.24) is 9.88 Å². The van der Waals surface area contributed by atoms with Crippen molar-refractivity contribution in [2.24, 2.45) is 0 Å². The Balaban J connectivity index is 1.57. The lowest BCUT2D eigenvalue weighted by molar-refractivity contribution is -0.114. The molecule has 7 heteroatoms. The normalized spacial score (nSPS) is 16.2. The van der Waals surface area contributed by atoms with Crippen LogP contribution in [0.4, 0.5) is 9.39 Å². The van der Waals surface area contributed by atoms with Crippen LogP contribution in [0.3, 0.4) is 0 Å². The molecule has 1 aliphatic heterocycles. The Labute approximate surface area is 189 Å². The van der Waals surface area contributed by atoms with Gasteiger partial charge in [0.15, 0.2) is 0 Å². The van der Waals surface area contributed by atoms with Crippen LogP contribution in [-0.4, -0.2) is 29.4 Å². The Hall–Kier alpha value is -3.16. The second kappa shape index (κ2) is 8.41. The summed E-state index contributed by atoms with van der Waals surface area (Å²) in [6.07, 6.45) is 0.886. The van der Waals surface area contributed by atoms with Gasteiger partial charge < -0.3 is 15.0 Å². The molecule has 3 heterocycles. The fourth-order valence-electron chi connectivity index (χ4n) is 4.57. The Morgan fingerprint density at radius 2 is 2.09 bits per heavy atom. The van der Waals surface area contributed by atoms with E-state index in [4.69, 9.17) is 4.74 Å². The molecule has 0 spiro atoms. The molecular formula is C25H24FN3O2S. The van der Waals surface area contributed by atoms with Gasteiger partial charge >= 0.3 is 0 Å². The highest BCUT2D eigenvalue weighted by atomic mass is 32.1. The van der Waals surface area contributed by atoms with Crippen LogP contribution in [0.1, 0.15) is 34.7 Å². The zero-order valence-corrected chi connectivity index (χ0v) is 18.8. The number of nitrogens with one attached hydrogen (secondary N) is 2. The molecule has 164 valence electrons. The van der Waals surface area contributed by atoms with Crippen molar-refractivity contribution in [2.45, 2.75) is 25.9 Å². The van der Waals surface area contributed by atoms with Gasteiger partial charge in [-0.25, -0.2) is 4.39 Å². The molecule has 2 aromatic carbocycles. The van der Waals surface area contributed by atoms with E-state index >= 15 is 4.39 Å². The number of fused-ring (bicyclic) bond motifs is 3. The zero-order valence-electron chi connectivity index (χ0n) is 17.9. The molecular weight excluding hydrogens is 425 g/mol. The maximum Gasteiger partial charge on any atom is 0.221 e. The standard InChI is InChI=1S/C25H24FN3O2S/c1-15(30)27-23-10-8-17(32-23)14-29-12-11-19-18-5-3-4-6-22(18)28-24(19)25(29)20-9-7-16(31-2)13-21(20)26/h3-10,13,25,28H,11-12,14H2,1-2H3,(H,27,30). The number of methoxy groups -OCH3 is 1. The van der Waals surface area contributed by atoms with Gasteiger partial charge in [-0.15, -0.1) is 11.3 Å². The SMILES string of the molecule is COc1ccc(C2c3[nH]c4ccccc4c3CCN2Cc2ccc(NC(C)=O)s2)c(F)c1. The minimum absolute atomic E-state index is 0.0859. The van der Waals surface area contributed by atoms with Crippen LogP contribution in [0.15, 0.2) is 54.6 Å². The summed E-state index contributed by atoms with van der Waals surface area (Å²) in [6, 6.07) is 17.0. The first-order valence-electron chi connectivity index (χ1n) is 10.6. The number of aromatic amines is 1. The maximum absolute atomic E-state index is 15.3. The van der Waals surface area contributed by atoms with Gasteiger partial charge in [-0.1, -0.05) is 24.3 Å². The number of anilines is 1. The van der Waals surface area contributed by atoms with E-state index in [9.17, 15) is 4.79 Å². The molecule has 0 saturated heterocycles. The van der Waals surface area contributed by atoms with Crippen molar-refractivity contribution >= 4 is 33.1 Å². The van der Waals surface area contributed by atoms with Crippen molar-refractivity contribution in [3.63, 3.8) is 0 Å². The lowest BCUT2D eigenvalue weighted by atomic mass is 9.92. The van der Waals surface area contributed by atoms with E-state index in [0.29, 0.717) is 17.9 Å². The molecule has 1 unspecified atom stereocenters. The van der Waals surface area contributed by atoms with Crippen molar-refractivity contribution in [1.29, 1.82) is 0 Å². The number of thiophene rings is 1. The quantitative estimate of drug-likeness (QED) is 0.424. The van der Waals surface area contributed by atoms with E-state index in [2.05, 4.69) is 27.3 Å². The second-order valence-corrected chi connectivity index (χ2v) is 9.19. The molecule has 2 N–H and O–H groups in total. The van der Waals surface area contributed by atoms with Crippen LogP contribution in [0.25, 0.3) is 10.9 Å². The lowest BCUT2D eigenvalue weighted by Crippen LogP contribution is -2.36. The van der Waals surface area contributed by atoms with Crippen LogP contribution >= 0.6 is 11.3 Å². The zero-order chi connectivity index (χ0) is 22.2. The number of aromatic nitrogens is 1. The Bertz CT molecular complexity index is 1300. The number of H-pyrrole nitrogens is 1. The van der Waals surface area contributed by atoms with E-state index in [-0.39, 0.29) is 17.8 Å². The largest absolute Gasteiger partial charge is 0.497 e. The number of carbonyl (C=O) groups is 1. The van der Waals surface area contributed by atoms with E-state index in [1.54, 1.807) is 18.4 Å². The van der Waals surface area contributed by atoms with Gasteiger partial charge in [0, 0.05) is 53.1 Å². The predicted molar refractivity (Wildman–Crippen MR) is 126 cm³/mol. The van der Waals surface area contributed by atoms with Crippen molar-refractivity contribution in [3.05, 3.63) is 82.1 Å². The van der Waals surface area contributed by atoms with Crippen LogP contribution in [-0.2, 0) is 17.8 Å². The minimum Gasteiger partial charge on any atom is -0.497 e. The summed E-state index contributed by atoms with van der Waals surface area (Å²) in [6.45, 7) is 2.97. The van der Waals surface area contributed by atoms with Crippen LogP contribution in [0.5, 0.6) is 5.75 Å². The van der Waals surface area contributed by atoms with Gasteiger partial charge in [-0.2, -0.15) is 0 Å². The third-order valence-corrected chi connectivity index (χ3v) is 6.94. The monoisotopic (exact) mass is 449 g/mol. The Morgan fingerprint density at radius 1 is 1.25 bits per heavy atom. The average molecular weight is 450 g/mol. The van der Waals surface area contributed by atoms with Crippen molar-refractivity contribution < 1.29 is 13.9 Å². The van der Waals surface area contributed by atoms with Crippen molar-refractivity contribution in [2.75, 3.05) is 19.0 Å². The topological polar surface area (TPSA) is 57.4 Å². The summed E-state index contributed by atoms with van der Waals surface area (Å²) >= 11 is 1.55. The molecule has 4 aromatic rings. The first-order chi connectivity index (χ1) is 15.5. The van der Waals surface area contributed by atoms with Crippen LogP contribution in [0, 0.1) is 5.82 Å². The fourth-order valence-corrected chi connectivity index (χ4v) is 5.55. The third kappa shape index (κ3) is 3.78. The molecule has 32 heavy (non-hydrogen) atoms. The van der Waals surface area contributed by atoms with Gasteiger partial charge in [-0.05, 0) is 36.2 Å². The van der Waals surface area contributed by atoms with Gasteiger partial charge in [0.05, 0.1) is 18.2 Å². The molecule has 0 bridgehead atoms. The number of hydrogen-bond donors (Lipinski definition) is 2. The number of carbonyl (C=O) groups excluding carboxylic acids is 1. The molecule has 2 aromatic heterocycles. The summed E-state index contributed by atoms with van der Waals surface area (Å²) < 4.78 is 20.5. The van der Waals surface area contributed by atoms with Gasteiger partial charge in [0.1, 0.15) is 11.6 Å². The average Bonchev–Trinajstić information content (AvgIpc) is 3.37. The minimum atomic E-state index is -0.282. The van der Waals surface area contributed by atoms with Gasteiger partial charge in [0.2, 0.25) is 5.91 Å². The summed E-state index contributed by atoms with van der Waals surface area (Å²) in [5.74, 6) is 0.136. The molecule has 1 amide bonds. The van der Waals surface area contributed by atoms with Crippen molar-refractivity contribution in [3.8, 4) is 5.75 Å². The summed E-state index contributed by atoms with van der Waals surface area (Å²) in [4.78, 5) is 18.4. The maximum atomic E-state index is 15.3. The number of ether oxygens (including phenoxy) is 1. The molecule has 0 saturated carbocycles. The third-order valence-electron chi connectivity index (χ3n) is 5.96. The number of rotatable bonds is 5. The summed E-state index contributed by atoms with van der Waals surface area (Å²) in [5, 5.41) is 4.86. The van der Waals surface area contributed by atoms with Gasteiger partial charge in [-0.3, -0.25) is 9.69 Å². The smallest absolute Gasteiger partial charge is 0.221 e. The molecule has 0 radical (unpaired) electrons. The summed E-state index contributed by atoms with van der Waals surface area (Å²) in [7, 11) is 1.54. The number of nitrogens with zero attached hydrogens (tertiary/aromatic N) is 1.